The molecule has 1 aromatic carbocycles. The molecule has 0 bridgehead atoms. The number of hydrogen-bond donors (Lipinski definition) is 0. The van der Waals surface area contributed by atoms with E-state index in [0.29, 0.717) is 18.0 Å². The molecule has 6 heteroatoms. The number of ether oxygens (including phenoxy) is 2. The lowest BCUT2D eigenvalue weighted by molar-refractivity contribution is 0.0784. The fraction of sp³-hybridized carbons (Fsp3) is 0.200. The van der Waals surface area contributed by atoms with E-state index in [9.17, 15) is 9.18 Å². The van der Waals surface area contributed by atoms with Crippen LogP contribution in [0.4, 0.5) is 4.39 Å². The maximum Gasteiger partial charge on any atom is 0.254 e. The lowest BCUT2D eigenvalue weighted by Gasteiger charge is -2.17. The van der Waals surface area contributed by atoms with Crippen molar-refractivity contribution >= 4 is 5.91 Å². The van der Waals surface area contributed by atoms with E-state index in [1.165, 1.54) is 17.2 Å². The first kappa shape index (κ1) is 13.4. The molecule has 0 atom stereocenters. The predicted molar refractivity (Wildman–Crippen MR) is 72.6 cm³/mol. The zero-order valence-electron chi connectivity index (χ0n) is 11.4. The van der Waals surface area contributed by atoms with Crippen LogP contribution < -0.4 is 9.47 Å². The summed E-state index contributed by atoms with van der Waals surface area (Å²) < 4.78 is 23.6. The highest BCUT2D eigenvalue weighted by Gasteiger charge is 2.16. The van der Waals surface area contributed by atoms with Gasteiger partial charge in [-0.3, -0.25) is 4.79 Å². The standard InChI is InChI=1S/C15H13FN2O3/c1-18(15(19)11-4-5-17-14(16)7-11)8-10-2-3-12-13(6-10)21-9-20-12/h2-7H,8-9H2,1H3. The van der Waals surface area contributed by atoms with Crippen LogP contribution in [0.1, 0.15) is 15.9 Å². The van der Waals surface area contributed by atoms with Crippen LogP contribution in [0.15, 0.2) is 36.5 Å². The molecule has 108 valence electrons. The molecule has 0 N–H and O–H groups in total. The van der Waals surface area contributed by atoms with Crippen molar-refractivity contribution in [2.45, 2.75) is 6.54 Å². The van der Waals surface area contributed by atoms with Crippen molar-refractivity contribution in [3.63, 3.8) is 0 Å². The fourth-order valence-corrected chi connectivity index (χ4v) is 2.14. The molecule has 0 unspecified atom stereocenters. The fourth-order valence-electron chi connectivity index (χ4n) is 2.14. The van der Waals surface area contributed by atoms with Crippen LogP contribution in [0.25, 0.3) is 0 Å². The second-order valence-electron chi connectivity index (χ2n) is 4.72. The van der Waals surface area contributed by atoms with Crippen molar-refractivity contribution in [3.8, 4) is 11.5 Å². The molecule has 1 amide bonds. The van der Waals surface area contributed by atoms with Crippen LogP contribution in [0, 0.1) is 5.95 Å². The van der Waals surface area contributed by atoms with E-state index in [0.717, 1.165) is 11.6 Å². The van der Waals surface area contributed by atoms with Gasteiger partial charge in [0.2, 0.25) is 12.7 Å². The van der Waals surface area contributed by atoms with Crippen LogP contribution in [0.5, 0.6) is 11.5 Å². The Kier molecular flexibility index (Phi) is 3.43. The average molecular weight is 288 g/mol. The number of hydrogen-bond acceptors (Lipinski definition) is 4. The molecular formula is C15H13FN2O3. The third-order valence-corrected chi connectivity index (χ3v) is 3.18. The van der Waals surface area contributed by atoms with Crippen LogP contribution in [0.3, 0.4) is 0 Å². The van der Waals surface area contributed by atoms with Crippen LogP contribution >= 0.6 is 0 Å². The summed E-state index contributed by atoms with van der Waals surface area (Å²) in [5.41, 5.74) is 1.18. The zero-order valence-corrected chi connectivity index (χ0v) is 11.4. The quantitative estimate of drug-likeness (QED) is 0.813. The van der Waals surface area contributed by atoms with Gasteiger partial charge in [-0.2, -0.15) is 4.39 Å². The van der Waals surface area contributed by atoms with Crippen LogP contribution in [-0.4, -0.2) is 29.6 Å². The Labute approximate surface area is 120 Å². The van der Waals surface area contributed by atoms with Crippen molar-refractivity contribution in [1.82, 2.24) is 9.88 Å². The molecule has 1 aliphatic heterocycles. The highest BCUT2D eigenvalue weighted by atomic mass is 19.1. The maximum atomic E-state index is 13.1. The molecule has 2 heterocycles. The van der Waals surface area contributed by atoms with Gasteiger partial charge in [0, 0.05) is 31.4 Å². The number of carbonyl (C=O) groups excluding carboxylic acids is 1. The summed E-state index contributed by atoms with van der Waals surface area (Å²) in [6, 6.07) is 8.12. The Morgan fingerprint density at radius 2 is 2.10 bits per heavy atom. The first-order valence-corrected chi connectivity index (χ1v) is 6.39. The zero-order chi connectivity index (χ0) is 14.8. The summed E-state index contributed by atoms with van der Waals surface area (Å²) in [6.45, 7) is 0.600. The van der Waals surface area contributed by atoms with Gasteiger partial charge in [-0.25, -0.2) is 4.98 Å². The number of pyridine rings is 1. The second-order valence-corrected chi connectivity index (χ2v) is 4.72. The van der Waals surface area contributed by atoms with E-state index >= 15 is 0 Å². The largest absolute Gasteiger partial charge is 0.454 e. The number of fused-ring (bicyclic) bond motifs is 1. The normalized spacial score (nSPS) is 12.3. The van der Waals surface area contributed by atoms with Gasteiger partial charge in [0.25, 0.3) is 5.91 Å². The minimum atomic E-state index is -0.669. The number of halogens is 1. The minimum Gasteiger partial charge on any atom is -0.454 e. The van der Waals surface area contributed by atoms with E-state index in [1.807, 2.05) is 18.2 Å². The van der Waals surface area contributed by atoms with Gasteiger partial charge >= 0.3 is 0 Å². The lowest BCUT2D eigenvalue weighted by atomic mass is 10.1. The van der Waals surface area contributed by atoms with Gasteiger partial charge in [-0.15, -0.1) is 0 Å². The molecule has 0 aliphatic carbocycles. The van der Waals surface area contributed by atoms with Gasteiger partial charge < -0.3 is 14.4 Å². The van der Waals surface area contributed by atoms with Gasteiger partial charge in [-0.05, 0) is 23.8 Å². The number of benzene rings is 1. The first-order chi connectivity index (χ1) is 10.1. The van der Waals surface area contributed by atoms with Gasteiger partial charge in [0.05, 0.1) is 0 Å². The van der Waals surface area contributed by atoms with Crippen molar-refractivity contribution < 1.29 is 18.7 Å². The Balaban J connectivity index is 1.74. The molecule has 3 rings (SSSR count). The predicted octanol–water partition coefficient (Wildman–Crippen LogP) is 2.22. The van der Waals surface area contributed by atoms with Crippen molar-refractivity contribution in [3.05, 3.63) is 53.6 Å². The summed E-state index contributed by atoms with van der Waals surface area (Å²) in [4.78, 5) is 17.2. The summed E-state index contributed by atoms with van der Waals surface area (Å²) in [6.07, 6.45) is 1.27. The van der Waals surface area contributed by atoms with Crippen molar-refractivity contribution in [2.75, 3.05) is 13.8 Å². The molecule has 0 spiro atoms. The Morgan fingerprint density at radius 1 is 1.29 bits per heavy atom. The van der Waals surface area contributed by atoms with Crippen LogP contribution in [-0.2, 0) is 6.54 Å². The summed E-state index contributed by atoms with van der Waals surface area (Å²) in [5.74, 6) is 0.429. The topological polar surface area (TPSA) is 51.7 Å². The van der Waals surface area contributed by atoms with Gasteiger partial charge in [-0.1, -0.05) is 6.07 Å². The number of nitrogens with zero attached hydrogens (tertiary/aromatic N) is 2. The molecule has 1 aromatic heterocycles. The third-order valence-electron chi connectivity index (χ3n) is 3.18. The van der Waals surface area contributed by atoms with E-state index in [-0.39, 0.29) is 18.3 Å². The summed E-state index contributed by atoms with van der Waals surface area (Å²) in [7, 11) is 1.66. The van der Waals surface area contributed by atoms with E-state index in [4.69, 9.17) is 9.47 Å². The molecule has 0 saturated heterocycles. The molecule has 1 aliphatic rings. The second kappa shape index (κ2) is 5.40. The molecule has 21 heavy (non-hydrogen) atoms. The van der Waals surface area contributed by atoms with Gasteiger partial charge in [0.15, 0.2) is 11.5 Å². The van der Waals surface area contributed by atoms with Crippen LogP contribution in [0.2, 0.25) is 0 Å². The molecule has 0 radical (unpaired) electrons. The van der Waals surface area contributed by atoms with E-state index in [1.54, 1.807) is 7.05 Å². The Morgan fingerprint density at radius 3 is 2.90 bits per heavy atom. The van der Waals surface area contributed by atoms with Gasteiger partial charge in [0.1, 0.15) is 0 Å². The average Bonchev–Trinajstić information content (AvgIpc) is 2.94. The monoisotopic (exact) mass is 288 g/mol. The first-order valence-electron chi connectivity index (χ1n) is 6.39. The number of amides is 1. The summed E-state index contributed by atoms with van der Waals surface area (Å²) in [5, 5.41) is 0. The molecular weight excluding hydrogens is 275 g/mol. The molecule has 5 nitrogen and oxygen atoms in total. The molecule has 0 fully saturated rings. The lowest BCUT2D eigenvalue weighted by Crippen LogP contribution is -2.26. The minimum absolute atomic E-state index is 0.212. The Hall–Kier alpha value is -2.63. The molecule has 2 aromatic rings. The molecule has 0 saturated carbocycles. The smallest absolute Gasteiger partial charge is 0.254 e. The van der Waals surface area contributed by atoms with E-state index < -0.39 is 5.95 Å². The third kappa shape index (κ3) is 2.79. The number of carbonyl (C=O) groups is 1. The summed E-state index contributed by atoms with van der Waals surface area (Å²) >= 11 is 0. The van der Waals surface area contributed by atoms with E-state index in [2.05, 4.69) is 4.98 Å². The number of rotatable bonds is 3. The SMILES string of the molecule is CN(Cc1ccc2c(c1)OCO2)C(=O)c1ccnc(F)c1. The highest BCUT2D eigenvalue weighted by Crippen LogP contribution is 2.32. The maximum absolute atomic E-state index is 13.1. The Bertz CT molecular complexity index is 690. The van der Waals surface area contributed by atoms with Crippen molar-refractivity contribution in [2.24, 2.45) is 0 Å². The van der Waals surface area contributed by atoms with Crippen molar-refractivity contribution in [1.29, 1.82) is 0 Å². The number of aromatic nitrogens is 1. The highest BCUT2D eigenvalue weighted by molar-refractivity contribution is 5.93.